The van der Waals surface area contributed by atoms with E-state index in [1.165, 1.54) is 0 Å². The van der Waals surface area contributed by atoms with Gasteiger partial charge in [-0.25, -0.2) is 4.68 Å². The van der Waals surface area contributed by atoms with Crippen LogP contribution in [0, 0.1) is 0 Å². The van der Waals surface area contributed by atoms with E-state index in [2.05, 4.69) is 20.4 Å². The summed E-state index contributed by atoms with van der Waals surface area (Å²) in [7, 11) is 0. The maximum atomic E-state index is 12.0. The van der Waals surface area contributed by atoms with Crippen LogP contribution in [0.5, 0.6) is 0 Å². The predicted octanol–water partition coefficient (Wildman–Crippen LogP) is 0.372. The van der Waals surface area contributed by atoms with E-state index in [4.69, 9.17) is 10.8 Å². The van der Waals surface area contributed by atoms with E-state index in [1.54, 1.807) is 24.0 Å². The molecule has 4 N–H and O–H groups in total. The smallest absolute Gasteiger partial charge is 0.248 e. The van der Waals surface area contributed by atoms with Crippen molar-refractivity contribution in [1.29, 1.82) is 0 Å². The molecule has 0 fully saturated rings. The molecule has 8 heteroatoms. The fraction of sp³-hybridized carbons (Fsp3) is 0.333. The Morgan fingerprint density at radius 2 is 2.17 bits per heavy atom. The number of aliphatic hydroxyl groups is 1. The molecule has 3 rings (SSSR count). The largest absolute Gasteiger partial charge is 0.396 e. The molecule has 0 spiro atoms. The lowest BCUT2D eigenvalue weighted by Crippen LogP contribution is -2.31. The molecular weight excluding hydrogens is 296 g/mol. The van der Waals surface area contributed by atoms with E-state index in [0.717, 1.165) is 5.56 Å². The van der Waals surface area contributed by atoms with Crippen LogP contribution in [0.25, 0.3) is 0 Å². The standard InChI is InChI=1S/C15H18N6O2/c1-9-12(14(16)23)13(10-4-6-17-7-5-10)21-15(18-9)19-11(20-21)3-2-8-22/h4-7,13,22H,2-3,8H2,1H3,(H2,16,23)(H,18,19,20). The number of fused-ring (bicyclic) bond motifs is 1. The van der Waals surface area contributed by atoms with Gasteiger partial charge in [0.1, 0.15) is 6.04 Å². The quantitative estimate of drug-likeness (QED) is 0.733. The second-order valence-corrected chi connectivity index (χ2v) is 5.33. The highest BCUT2D eigenvalue weighted by Crippen LogP contribution is 2.34. The summed E-state index contributed by atoms with van der Waals surface area (Å²) in [5, 5.41) is 16.5. The normalized spacial score (nSPS) is 16.9. The highest BCUT2D eigenvalue weighted by atomic mass is 16.3. The summed E-state index contributed by atoms with van der Waals surface area (Å²) in [6, 6.07) is 3.21. The third kappa shape index (κ3) is 2.80. The van der Waals surface area contributed by atoms with Crippen LogP contribution in [0.15, 0.2) is 35.8 Å². The molecule has 0 bridgehead atoms. The minimum Gasteiger partial charge on any atom is -0.396 e. The number of aromatic nitrogens is 4. The number of nitrogens with two attached hydrogens (primary N) is 1. The lowest BCUT2D eigenvalue weighted by atomic mass is 9.96. The number of anilines is 1. The number of pyridine rings is 1. The Hall–Kier alpha value is -2.74. The van der Waals surface area contributed by atoms with Gasteiger partial charge in [-0.05, 0) is 31.0 Å². The Bertz CT molecular complexity index is 753. The molecule has 2 aromatic rings. The maximum Gasteiger partial charge on any atom is 0.248 e. The molecule has 23 heavy (non-hydrogen) atoms. The second kappa shape index (κ2) is 6.17. The number of carbonyl (C=O) groups is 1. The molecule has 0 saturated heterocycles. The molecule has 1 atom stereocenters. The molecule has 1 unspecified atom stereocenters. The van der Waals surface area contributed by atoms with Gasteiger partial charge in [0, 0.05) is 31.1 Å². The number of rotatable bonds is 5. The SMILES string of the molecule is CC1=C(C(N)=O)C(c2ccncc2)n2nc(CCCO)nc2N1. The molecule has 2 aromatic heterocycles. The van der Waals surface area contributed by atoms with E-state index in [1.807, 2.05) is 12.1 Å². The fourth-order valence-electron chi connectivity index (χ4n) is 2.71. The molecule has 0 radical (unpaired) electrons. The maximum absolute atomic E-state index is 12.0. The molecule has 0 aromatic carbocycles. The molecule has 3 heterocycles. The number of primary amides is 1. The van der Waals surface area contributed by atoms with Crippen LogP contribution in [0.2, 0.25) is 0 Å². The Kier molecular flexibility index (Phi) is 4.07. The lowest BCUT2D eigenvalue weighted by molar-refractivity contribution is -0.115. The molecular formula is C15H18N6O2. The molecule has 1 aliphatic rings. The van der Waals surface area contributed by atoms with Crippen molar-refractivity contribution < 1.29 is 9.90 Å². The first-order valence-electron chi connectivity index (χ1n) is 7.35. The van der Waals surface area contributed by atoms with Gasteiger partial charge in [0.05, 0.1) is 5.57 Å². The summed E-state index contributed by atoms with van der Waals surface area (Å²) in [5.41, 5.74) is 7.55. The van der Waals surface area contributed by atoms with Gasteiger partial charge in [-0.2, -0.15) is 10.1 Å². The minimum absolute atomic E-state index is 0.0783. The average molecular weight is 314 g/mol. The monoisotopic (exact) mass is 314 g/mol. The van der Waals surface area contributed by atoms with E-state index < -0.39 is 11.9 Å². The van der Waals surface area contributed by atoms with E-state index >= 15 is 0 Å². The zero-order chi connectivity index (χ0) is 16.4. The summed E-state index contributed by atoms with van der Waals surface area (Å²) in [4.78, 5) is 20.4. The van der Waals surface area contributed by atoms with Gasteiger partial charge in [-0.15, -0.1) is 0 Å². The van der Waals surface area contributed by atoms with Crippen LogP contribution < -0.4 is 11.1 Å². The second-order valence-electron chi connectivity index (χ2n) is 5.33. The topological polar surface area (TPSA) is 119 Å². The van der Waals surface area contributed by atoms with Crippen molar-refractivity contribution in [2.45, 2.75) is 25.8 Å². The van der Waals surface area contributed by atoms with Crippen molar-refractivity contribution in [3.05, 3.63) is 47.2 Å². The number of aliphatic hydroxyl groups excluding tert-OH is 1. The van der Waals surface area contributed by atoms with Gasteiger partial charge in [0.25, 0.3) is 0 Å². The molecule has 120 valence electrons. The van der Waals surface area contributed by atoms with Crippen molar-refractivity contribution >= 4 is 11.9 Å². The van der Waals surface area contributed by atoms with Crippen molar-refractivity contribution in [2.75, 3.05) is 11.9 Å². The highest BCUT2D eigenvalue weighted by Gasteiger charge is 2.32. The van der Waals surface area contributed by atoms with E-state index in [0.29, 0.717) is 35.9 Å². The fourth-order valence-corrected chi connectivity index (χ4v) is 2.71. The van der Waals surface area contributed by atoms with E-state index in [9.17, 15) is 4.79 Å². The Morgan fingerprint density at radius 1 is 1.43 bits per heavy atom. The third-order valence-corrected chi connectivity index (χ3v) is 3.74. The Balaban J connectivity index is 2.09. The molecule has 0 aliphatic carbocycles. The summed E-state index contributed by atoms with van der Waals surface area (Å²) in [5.74, 6) is 0.663. The lowest BCUT2D eigenvalue weighted by Gasteiger charge is -2.27. The number of nitrogens with one attached hydrogen (secondary N) is 1. The van der Waals surface area contributed by atoms with Crippen LogP contribution in [-0.2, 0) is 11.2 Å². The first kappa shape index (κ1) is 15.2. The van der Waals surface area contributed by atoms with Gasteiger partial charge in [-0.1, -0.05) is 0 Å². The van der Waals surface area contributed by atoms with Crippen LogP contribution >= 0.6 is 0 Å². The van der Waals surface area contributed by atoms with Crippen LogP contribution in [0.1, 0.15) is 30.8 Å². The zero-order valence-electron chi connectivity index (χ0n) is 12.7. The highest BCUT2D eigenvalue weighted by molar-refractivity contribution is 5.95. The zero-order valence-corrected chi connectivity index (χ0v) is 12.7. The predicted molar refractivity (Wildman–Crippen MR) is 83.3 cm³/mol. The van der Waals surface area contributed by atoms with Crippen LogP contribution in [0.4, 0.5) is 5.95 Å². The number of hydrogen-bond acceptors (Lipinski definition) is 6. The van der Waals surface area contributed by atoms with Gasteiger partial charge in [-0.3, -0.25) is 9.78 Å². The number of nitrogens with zero attached hydrogens (tertiary/aromatic N) is 4. The first-order valence-corrected chi connectivity index (χ1v) is 7.35. The van der Waals surface area contributed by atoms with Gasteiger partial charge in [0.2, 0.25) is 11.9 Å². The summed E-state index contributed by atoms with van der Waals surface area (Å²) < 4.78 is 1.66. The summed E-state index contributed by atoms with van der Waals surface area (Å²) >= 11 is 0. The van der Waals surface area contributed by atoms with Gasteiger partial charge < -0.3 is 16.2 Å². The number of allylic oxidation sites excluding steroid dienone is 1. The van der Waals surface area contributed by atoms with Crippen molar-refractivity contribution in [1.82, 2.24) is 19.7 Å². The molecule has 8 nitrogen and oxygen atoms in total. The number of carbonyl (C=O) groups excluding carboxylic acids is 1. The Morgan fingerprint density at radius 3 is 2.83 bits per heavy atom. The van der Waals surface area contributed by atoms with E-state index in [-0.39, 0.29) is 6.61 Å². The van der Waals surface area contributed by atoms with Gasteiger partial charge >= 0.3 is 0 Å². The average Bonchev–Trinajstić information content (AvgIpc) is 2.94. The van der Waals surface area contributed by atoms with Crippen molar-refractivity contribution in [2.24, 2.45) is 5.73 Å². The molecule has 1 aliphatic heterocycles. The van der Waals surface area contributed by atoms with Crippen molar-refractivity contribution in [3.63, 3.8) is 0 Å². The number of aryl methyl sites for hydroxylation is 1. The minimum atomic E-state index is -0.505. The van der Waals surface area contributed by atoms with Crippen LogP contribution in [-0.4, -0.2) is 37.4 Å². The van der Waals surface area contributed by atoms with Crippen molar-refractivity contribution in [3.8, 4) is 0 Å². The van der Waals surface area contributed by atoms with Crippen LogP contribution in [0.3, 0.4) is 0 Å². The summed E-state index contributed by atoms with van der Waals surface area (Å²) in [6.07, 6.45) is 4.47. The Labute approximate surface area is 133 Å². The number of hydrogen-bond donors (Lipinski definition) is 3. The first-order chi connectivity index (χ1) is 11.1. The third-order valence-electron chi connectivity index (χ3n) is 3.74. The van der Waals surface area contributed by atoms with Gasteiger partial charge in [0.15, 0.2) is 5.82 Å². The number of amides is 1. The molecule has 1 amide bonds. The molecule has 0 saturated carbocycles. The summed E-state index contributed by atoms with van der Waals surface area (Å²) in [6.45, 7) is 1.87.